The summed E-state index contributed by atoms with van der Waals surface area (Å²) in [5, 5.41) is 2.76. The molecule has 0 aliphatic carbocycles. The van der Waals surface area contributed by atoms with Gasteiger partial charge in [-0.15, -0.1) is 0 Å². The van der Waals surface area contributed by atoms with Crippen molar-refractivity contribution in [2.75, 3.05) is 18.6 Å². The Morgan fingerprint density at radius 1 is 1.07 bits per heavy atom. The first-order valence-corrected chi connectivity index (χ1v) is 9.37. The molecule has 28 heavy (non-hydrogen) atoms. The molecule has 1 N–H and O–H groups in total. The molecule has 0 unspecified atom stereocenters. The van der Waals surface area contributed by atoms with Crippen LogP contribution in [0.1, 0.15) is 24.0 Å². The van der Waals surface area contributed by atoms with Gasteiger partial charge in [-0.25, -0.2) is 4.79 Å². The van der Waals surface area contributed by atoms with E-state index in [1.165, 1.54) is 7.11 Å². The first kappa shape index (κ1) is 19.6. The van der Waals surface area contributed by atoms with Gasteiger partial charge < -0.3 is 15.0 Å². The molecule has 0 bridgehead atoms. The molecule has 2 aromatic rings. The van der Waals surface area contributed by atoms with Crippen LogP contribution in [-0.4, -0.2) is 37.5 Å². The van der Waals surface area contributed by atoms with Gasteiger partial charge in [-0.1, -0.05) is 42.5 Å². The van der Waals surface area contributed by atoms with Gasteiger partial charge in [0.05, 0.1) is 13.5 Å². The number of anilines is 1. The third-order valence-electron chi connectivity index (χ3n) is 4.79. The lowest BCUT2D eigenvalue weighted by Crippen LogP contribution is -2.43. The molecule has 3 rings (SSSR count). The van der Waals surface area contributed by atoms with E-state index in [2.05, 4.69) is 5.32 Å². The van der Waals surface area contributed by atoms with Gasteiger partial charge in [0.15, 0.2) is 0 Å². The molecule has 0 spiro atoms. The van der Waals surface area contributed by atoms with Crippen molar-refractivity contribution in [3.8, 4) is 0 Å². The zero-order chi connectivity index (χ0) is 19.9. The largest absolute Gasteiger partial charge is 0.467 e. The number of nitrogens with one attached hydrogen (secondary N) is 1. The fourth-order valence-electron chi connectivity index (χ4n) is 3.33. The van der Waals surface area contributed by atoms with Crippen LogP contribution in [0.5, 0.6) is 0 Å². The molecule has 0 saturated carbocycles. The Balaban J connectivity index is 1.60. The number of hydrogen-bond donors (Lipinski definition) is 1. The second kappa shape index (κ2) is 9.17. The van der Waals surface area contributed by atoms with E-state index in [9.17, 15) is 14.4 Å². The second-order valence-electron chi connectivity index (χ2n) is 6.83. The molecule has 1 aliphatic rings. The smallest absolute Gasteiger partial charge is 0.328 e. The van der Waals surface area contributed by atoms with Crippen molar-refractivity contribution >= 4 is 23.5 Å². The minimum Gasteiger partial charge on any atom is -0.467 e. The standard InChI is InChI=1S/C22H24N2O4/c1-28-22(27)19(14-16-6-3-2-4-7-16)23-20(25)15-17-9-11-18(12-10-17)24-13-5-8-21(24)26/h2-4,6-7,9-12,19H,5,8,13-15H2,1H3,(H,23,25)/t19-/m0/s1. The number of esters is 1. The van der Waals surface area contributed by atoms with Crippen LogP contribution in [0.25, 0.3) is 0 Å². The quantitative estimate of drug-likeness (QED) is 0.748. The highest BCUT2D eigenvalue weighted by molar-refractivity contribution is 5.95. The third kappa shape index (κ3) is 4.97. The van der Waals surface area contributed by atoms with Crippen LogP contribution in [0.4, 0.5) is 5.69 Å². The van der Waals surface area contributed by atoms with Crippen LogP contribution < -0.4 is 10.2 Å². The van der Waals surface area contributed by atoms with Gasteiger partial charge in [0, 0.05) is 25.1 Å². The summed E-state index contributed by atoms with van der Waals surface area (Å²) in [6.45, 7) is 0.735. The second-order valence-corrected chi connectivity index (χ2v) is 6.83. The van der Waals surface area contributed by atoms with Crippen molar-refractivity contribution < 1.29 is 19.1 Å². The minimum atomic E-state index is -0.735. The highest BCUT2D eigenvalue weighted by atomic mass is 16.5. The number of ether oxygens (including phenoxy) is 1. The van der Waals surface area contributed by atoms with Gasteiger partial charge in [0.25, 0.3) is 0 Å². The molecule has 2 aromatic carbocycles. The Hall–Kier alpha value is -3.15. The van der Waals surface area contributed by atoms with Crippen molar-refractivity contribution in [3.05, 3.63) is 65.7 Å². The van der Waals surface area contributed by atoms with Crippen molar-refractivity contribution in [1.82, 2.24) is 5.32 Å². The number of benzene rings is 2. The molecule has 6 heteroatoms. The number of amides is 2. The first-order valence-electron chi connectivity index (χ1n) is 9.37. The van der Waals surface area contributed by atoms with Gasteiger partial charge >= 0.3 is 5.97 Å². The van der Waals surface area contributed by atoms with Crippen LogP contribution in [-0.2, 0) is 32.0 Å². The number of carbonyl (C=O) groups is 3. The summed E-state index contributed by atoms with van der Waals surface area (Å²) in [4.78, 5) is 38.1. The van der Waals surface area contributed by atoms with Crippen molar-refractivity contribution in [2.45, 2.75) is 31.7 Å². The summed E-state index contributed by atoms with van der Waals surface area (Å²) in [5.41, 5.74) is 2.61. The predicted octanol–water partition coefficient (Wildman–Crippen LogP) is 2.26. The fourth-order valence-corrected chi connectivity index (χ4v) is 3.33. The van der Waals surface area contributed by atoms with Crippen LogP contribution >= 0.6 is 0 Å². The monoisotopic (exact) mass is 380 g/mol. The zero-order valence-electron chi connectivity index (χ0n) is 15.9. The van der Waals surface area contributed by atoms with Crippen molar-refractivity contribution in [1.29, 1.82) is 0 Å². The first-order chi connectivity index (χ1) is 13.6. The molecule has 1 fully saturated rings. The van der Waals surface area contributed by atoms with Crippen molar-refractivity contribution in [2.24, 2.45) is 0 Å². The van der Waals surface area contributed by atoms with Crippen LogP contribution in [0.15, 0.2) is 54.6 Å². The average Bonchev–Trinajstić information content (AvgIpc) is 3.14. The average molecular weight is 380 g/mol. The van der Waals surface area contributed by atoms with E-state index in [-0.39, 0.29) is 18.2 Å². The van der Waals surface area contributed by atoms with E-state index in [0.717, 1.165) is 29.8 Å². The summed E-state index contributed by atoms with van der Waals surface area (Å²) >= 11 is 0. The number of rotatable bonds is 7. The number of nitrogens with zero attached hydrogens (tertiary/aromatic N) is 1. The summed E-state index contributed by atoms with van der Waals surface area (Å²) in [7, 11) is 1.31. The van der Waals surface area contributed by atoms with Crippen molar-refractivity contribution in [3.63, 3.8) is 0 Å². The number of hydrogen-bond acceptors (Lipinski definition) is 4. The lowest BCUT2D eigenvalue weighted by atomic mass is 10.1. The Kier molecular flexibility index (Phi) is 6.42. The molecule has 0 radical (unpaired) electrons. The summed E-state index contributed by atoms with van der Waals surface area (Å²) in [6.07, 6.45) is 1.98. The maximum absolute atomic E-state index is 12.4. The van der Waals surface area contributed by atoms with E-state index < -0.39 is 12.0 Å². The molecule has 2 amide bonds. The molecule has 6 nitrogen and oxygen atoms in total. The highest BCUT2D eigenvalue weighted by Gasteiger charge is 2.23. The lowest BCUT2D eigenvalue weighted by Gasteiger charge is -2.17. The zero-order valence-corrected chi connectivity index (χ0v) is 15.9. The van der Waals surface area contributed by atoms with Gasteiger partial charge in [-0.3, -0.25) is 9.59 Å². The fraction of sp³-hybridized carbons (Fsp3) is 0.318. The Morgan fingerprint density at radius 3 is 2.39 bits per heavy atom. The molecule has 1 atom stereocenters. The number of methoxy groups -OCH3 is 1. The summed E-state index contributed by atoms with van der Waals surface area (Å²) in [6, 6.07) is 16.1. The molecule has 1 heterocycles. The summed E-state index contributed by atoms with van der Waals surface area (Å²) < 4.78 is 4.83. The molecule has 1 aliphatic heterocycles. The van der Waals surface area contributed by atoms with E-state index in [0.29, 0.717) is 12.8 Å². The highest BCUT2D eigenvalue weighted by Crippen LogP contribution is 2.21. The Bertz CT molecular complexity index is 833. The molecular formula is C22H24N2O4. The lowest BCUT2D eigenvalue weighted by molar-refractivity contribution is -0.145. The summed E-state index contributed by atoms with van der Waals surface area (Å²) in [5.74, 6) is -0.594. The van der Waals surface area contributed by atoms with E-state index in [4.69, 9.17) is 4.74 Å². The predicted molar refractivity (Wildman–Crippen MR) is 106 cm³/mol. The normalized spacial score (nSPS) is 14.6. The molecular weight excluding hydrogens is 356 g/mol. The SMILES string of the molecule is COC(=O)[C@H](Cc1ccccc1)NC(=O)Cc1ccc(N2CCCC2=O)cc1. The van der Waals surface area contributed by atoms with Gasteiger partial charge in [-0.2, -0.15) is 0 Å². The van der Waals surface area contributed by atoms with Crippen LogP contribution in [0.2, 0.25) is 0 Å². The maximum Gasteiger partial charge on any atom is 0.328 e. The van der Waals surface area contributed by atoms with Gasteiger partial charge in [0.2, 0.25) is 11.8 Å². The minimum absolute atomic E-state index is 0.132. The van der Waals surface area contributed by atoms with Crippen LogP contribution in [0.3, 0.4) is 0 Å². The van der Waals surface area contributed by atoms with E-state index in [1.807, 2.05) is 54.6 Å². The van der Waals surface area contributed by atoms with E-state index >= 15 is 0 Å². The topological polar surface area (TPSA) is 75.7 Å². The number of carbonyl (C=O) groups excluding carboxylic acids is 3. The van der Waals surface area contributed by atoms with Gasteiger partial charge in [-0.05, 0) is 29.7 Å². The maximum atomic E-state index is 12.4. The Labute approximate surface area is 164 Å². The molecule has 1 saturated heterocycles. The third-order valence-corrected chi connectivity index (χ3v) is 4.79. The van der Waals surface area contributed by atoms with Gasteiger partial charge in [0.1, 0.15) is 6.04 Å². The van der Waals surface area contributed by atoms with Crippen LogP contribution in [0, 0.1) is 0 Å². The Morgan fingerprint density at radius 2 is 1.79 bits per heavy atom. The van der Waals surface area contributed by atoms with E-state index in [1.54, 1.807) is 4.90 Å². The molecule has 146 valence electrons. The molecule has 0 aromatic heterocycles.